The lowest BCUT2D eigenvalue weighted by Crippen LogP contribution is -2.17. The highest BCUT2D eigenvalue weighted by Crippen LogP contribution is 2.41. The number of carbonyl (C=O) groups is 1. The zero-order chi connectivity index (χ0) is 35.0. The van der Waals surface area contributed by atoms with E-state index in [4.69, 9.17) is 23.8 Å². The van der Waals surface area contributed by atoms with Crippen LogP contribution in [0.5, 0.6) is 17.2 Å². The lowest BCUT2D eigenvalue weighted by molar-refractivity contribution is -0.422. The second-order valence-corrected chi connectivity index (χ2v) is 11.4. The fraction of sp³-hybridized carbons (Fsp3) is 0.188. The molecule has 2 aromatic heterocycles. The molecule has 16 heteroatoms. The van der Waals surface area contributed by atoms with E-state index in [1.54, 1.807) is 64.7 Å². The predicted octanol–water partition coefficient (Wildman–Crippen LogP) is 7.53. The molecule has 0 unspecified atom stereocenters. The Kier molecular flexibility index (Phi) is 11.9. The molecule has 0 aliphatic rings. The number of nitrogens with one attached hydrogen (secondary N) is 1. The van der Waals surface area contributed by atoms with Crippen LogP contribution >= 0.6 is 31.9 Å². The number of aryl methyl sites for hydroxylation is 1. The van der Waals surface area contributed by atoms with Gasteiger partial charge in [0, 0.05) is 20.7 Å². The van der Waals surface area contributed by atoms with Crippen molar-refractivity contribution in [3.8, 4) is 45.9 Å². The third-order valence-corrected chi connectivity index (χ3v) is 8.11. The van der Waals surface area contributed by atoms with Gasteiger partial charge in [-0.1, -0.05) is 36.3 Å². The van der Waals surface area contributed by atoms with Crippen LogP contribution in [-0.2, 0) is 4.79 Å². The highest BCUT2D eigenvalue weighted by molar-refractivity contribution is 9.11. The summed E-state index contributed by atoms with van der Waals surface area (Å²) in [6, 6.07) is 18.4. The minimum absolute atomic E-state index is 0.0550. The Balaban J connectivity index is 0.000000248. The molecule has 5 aromatic rings. The number of aliphatic carboxylic acids is 1. The molecule has 2 heterocycles. The molecule has 0 amide bonds. The van der Waals surface area contributed by atoms with Gasteiger partial charge in [-0.25, -0.2) is 9.78 Å². The number of nitrogens with zero attached hydrogens (tertiary/aromatic N) is 5. The molecule has 5 rings (SSSR count). The van der Waals surface area contributed by atoms with Gasteiger partial charge in [0.1, 0.15) is 17.2 Å². The molecule has 0 saturated heterocycles. The second kappa shape index (κ2) is 16.1. The average molecular weight is 786 g/mol. The van der Waals surface area contributed by atoms with Gasteiger partial charge in [-0.15, -0.1) is 0 Å². The summed E-state index contributed by atoms with van der Waals surface area (Å²) >= 11 is 6.85. The van der Waals surface area contributed by atoms with E-state index in [9.17, 15) is 14.9 Å². The van der Waals surface area contributed by atoms with Crippen molar-refractivity contribution in [1.82, 2.24) is 19.7 Å². The number of ether oxygens (including phenoxy) is 3. The number of imidazole rings is 1. The number of benzene rings is 3. The first-order valence-electron chi connectivity index (χ1n) is 14.1. The molecule has 0 saturated carbocycles. The van der Waals surface area contributed by atoms with Gasteiger partial charge in [0.25, 0.3) is 5.89 Å². The number of aromatic nitrogens is 4. The Bertz CT molecular complexity index is 1930. The molecule has 0 spiro atoms. The molecule has 250 valence electrons. The quantitative estimate of drug-likeness (QED) is 0.0766. The summed E-state index contributed by atoms with van der Waals surface area (Å²) in [5.74, 6) is 1.45. The number of methoxy groups -OCH3 is 3. The number of rotatable bonds is 11. The molecule has 14 nitrogen and oxygen atoms in total. The Morgan fingerprint density at radius 3 is 2.17 bits per heavy atom. The van der Waals surface area contributed by atoms with Gasteiger partial charge in [-0.3, -0.25) is 10.1 Å². The van der Waals surface area contributed by atoms with Crippen LogP contribution in [0.25, 0.3) is 28.7 Å². The van der Waals surface area contributed by atoms with E-state index in [-0.39, 0.29) is 12.1 Å². The number of halogens is 2. The fourth-order valence-corrected chi connectivity index (χ4v) is 5.34. The SMILES string of the molecule is CCC(Nc1ccccc1Br)=C(C(=O)O)[N+](=O)[O-].COc1cc(-c2noc(-c3cn(-c4ccccc4Br)c(C)n3)n2)cc(OC)c1OC. The summed E-state index contributed by atoms with van der Waals surface area (Å²) in [5, 5.41) is 26.4. The highest BCUT2D eigenvalue weighted by atomic mass is 79.9. The van der Waals surface area contributed by atoms with Crippen molar-refractivity contribution in [2.75, 3.05) is 26.6 Å². The van der Waals surface area contributed by atoms with E-state index in [0.717, 1.165) is 16.0 Å². The maximum Gasteiger partial charge on any atom is 0.409 e. The van der Waals surface area contributed by atoms with Crippen molar-refractivity contribution in [2.24, 2.45) is 0 Å². The highest BCUT2D eigenvalue weighted by Gasteiger charge is 2.26. The normalized spacial score (nSPS) is 11.1. The van der Waals surface area contributed by atoms with E-state index < -0.39 is 16.6 Å². The Labute approximate surface area is 291 Å². The number of hydrogen-bond donors (Lipinski definition) is 2. The van der Waals surface area contributed by atoms with Crippen LogP contribution in [0, 0.1) is 17.0 Å². The van der Waals surface area contributed by atoms with Crippen LogP contribution in [0.4, 0.5) is 5.69 Å². The van der Waals surface area contributed by atoms with Gasteiger partial charge < -0.3 is 33.7 Å². The third-order valence-electron chi connectivity index (χ3n) is 6.75. The van der Waals surface area contributed by atoms with Gasteiger partial charge in [0.05, 0.1) is 37.6 Å². The van der Waals surface area contributed by atoms with Gasteiger partial charge in [-0.2, -0.15) is 4.98 Å². The Morgan fingerprint density at radius 2 is 1.62 bits per heavy atom. The van der Waals surface area contributed by atoms with E-state index in [2.05, 4.69) is 52.3 Å². The second-order valence-electron chi connectivity index (χ2n) is 9.68. The molecule has 48 heavy (non-hydrogen) atoms. The van der Waals surface area contributed by atoms with Crippen molar-refractivity contribution >= 4 is 43.5 Å². The minimum atomic E-state index is -1.56. The summed E-state index contributed by atoms with van der Waals surface area (Å²) in [4.78, 5) is 29.8. The van der Waals surface area contributed by atoms with Gasteiger partial charge in [0.2, 0.25) is 11.6 Å². The zero-order valence-electron chi connectivity index (χ0n) is 26.4. The number of carboxylic acid groups (broad SMARTS) is 1. The summed E-state index contributed by atoms with van der Waals surface area (Å²) in [7, 11) is 4.66. The molecular weight excluding hydrogens is 756 g/mol. The number of carboxylic acids is 1. The fourth-order valence-electron chi connectivity index (χ4n) is 4.48. The van der Waals surface area contributed by atoms with Crippen LogP contribution in [0.3, 0.4) is 0 Å². The Hall–Kier alpha value is -5.22. The summed E-state index contributed by atoms with van der Waals surface area (Å²) < 4.78 is 25.3. The largest absolute Gasteiger partial charge is 0.493 e. The molecule has 2 N–H and O–H groups in total. The number of nitro groups is 1. The number of anilines is 1. The average Bonchev–Trinajstić information content (AvgIpc) is 3.72. The summed E-state index contributed by atoms with van der Waals surface area (Å²) in [6.07, 6.45) is 2.08. The van der Waals surface area contributed by atoms with Gasteiger partial charge >= 0.3 is 11.7 Å². The van der Waals surface area contributed by atoms with Crippen molar-refractivity contribution in [2.45, 2.75) is 20.3 Å². The predicted molar refractivity (Wildman–Crippen MR) is 184 cm³/mol. The van der Waals surface area contributed by atoms with Crippen LogP contribution < -0.4 is 19.5 Å². The lowest BCUT2D eigenvalue weighted by atomic mass is 10.1. The first kappa shape index (κ1) is 35.6. The molecule has 0 atom stereocenters. The van der Waals surface area contributed by atoms with Crippen LogP contribution in [0.2, 0.25) is 0 Å². The van der Waals surface area contributed by atoms with Crippen LogP contribution in [0.1, 0.15) is 19.2 Å². The molecule has 0 aliphatic carbocycles. The van der Waals surface area contributed by atoms with Crippen molar-refractivity contribution in [1.29, 1.82) is 0 Å². The van der Waals surface area contributed by atoms with Gasteiger partial charge in [0.15, 0.2) is 11.5 Å². The first-order chi connectivity index (χ1) is 23.0. The summed E-state index contributed by atoms with van der Waals surface area (Å²) in [5.41, 5.74) is 2.01. The maximum atomic E-state index is 10.9. The summed E-state index contributed by atoms with van der Waals surface area (Å²) in [6.45, 7) is 3.56. The van der Waals surface area contributed by atoms with Crippen molar-refractivity contribution in [3.05, 3.63) is 103 Å². The molecule has 0 aliphatic heterocycles. The topological polar surface area (TPSA) is 177 Å². The minimum Gasteiger partial charge on any atom is -0.493 e. The molecule has 0 fully saturated rings. The lowest BCUT2D eigenvalue weighted by Gasteiger charge is -2.12. The molecule has 0 radical (unpaired) electrons. The Morgan fingerprint density at radius 1 is 1.00 bits per heavy atom. The van der Waals surface area contributed by atoms with Gasteiger partial charge in [-0.05, 0) is 81.6 Å². The first-order valence-corrected chi connectivity index (χ1v) is 15.7. The van der Waals surface area contributed by atoms with E-state index in [0.29, 0.717) is 50.4 Å². The smallest absolute Gasteiger partial charge is 0.409 e. The van der Waals surface area contributed by atoms with Crippen LogP contribution in [-0.4, -0.2) is 57.0 Å². The zero-order valence-corrected chi connectivity index (χ0v) is 29.5. The van der Waals surface area contributed by atoms with Crippen molar-refractivity contribution in [3.63, 3.8) is 0 Å². The van der Waals surface area contributed by atoms with Crippen molar-refractivity contribution < 1.29 is 33.6 Å². The molecular formula is C32H30Br2N6O8. The van der Waals surface area contributed by atoms with Crippen LogP contribution in [0.15, 0.2) is 91.7 Å². The van der Waals surface area contributed by atoms with E-state index >= 15 is 0 Å². The number of hydrogen-bond acceptors (Lipinski definition) is 11. The maximum absolute atomic E-state index is 10.9. The van der Waals surface area contributed by atoms with E-state index in [1.165, 1.54) is 0 Å². The molecule has 3 aromatic carbocycles. The standard InChI is InChI=1S/C21H19BrN4O4.C11H11BrN2O4/c1-12-23-15(11-26(12)16-8-6-5-7-14(16)22)21-24-20(25-30-21)13-9-17(27-2)19(29-4)18(10-13)28-3;1-2-8(10(11(15)16)14(17)18)13-9-6-4-3-5-7(9)12/h5-11H,1-4H3;3-6,13H,2H2,1H3,(H,15,16). The third kappa shape index (κ3) is 8.01. The monoisotopic (exact) mass is 784 g/mol. The van der Waals surface area contributed by atoms with E-state index in [1.807, 2.05) is 42.0 Å². The number of allylic oxidation sites excluding steroid dienone is 1. The number of para-hydroxylation sites is 2. The molecule has 0 bridgehead atoms.